The first kappa shape index (κ1) is 17.8. The van der Waals surface area contributed by atoms with E-state index in [-0.39, 0.29) is 12.5 Å². The highest BCUT2D eigenvalue weighted by molar-refractivity contribution is 7.22. The Bertz CT molecular complexity index is 933. The number of thiazole rings is 1. The number of nitrogens with one attached hydrogen (secondary N) is 1. The molecule has 4 rings (SSSR count). The molecule has 1 fully saturated rings. The zero-order valence-electron chi connectivity index (χ0n) is 15.1. The van der Waals surface area contributed by atoms with E-state index in [0.717, 1.165) is 52.9 Å². The zero-order chi connectivity index (χ0) is 18.6. The summed E-state index contributed by atoms with van der Waals surface area (Å²) in [6, 6.07) is 13.4. The van der Waals surface area contributed by atoms with E-state index < -0.39 is 0 Å². The number of anilines is 2. The lowest BCUT2D eigenvalue weighted by Crippen LogP contribution is -2.36. The van der Waals surface area contributed by atoms with Crippen molar-refractivity contribution in [3.8, 4) is 5.75 Å². The Morgan fingerprint density at radius 2 is 2.00 bits per heavy atom. The Hall–Kier alpha value is -2.64. The molecule has 0 bridgehead atoms. The fourth-order valence-corrected chi connectivity index (χ4v) is 3.92. The Morgan fingerprint density at radius 1 is 1.22 bits per heavy atom. The second-order valence-corrected chi connectivity index (χ2v) is 7.44. The Morgan fingerprint density at radius 3 is 2.78 bits per heavy atom. The van der Waals surface area contributed by atoms with E-state index in [0.29, 0.717) is 5.75 Å². The summed E-state index contributed by atoms with van der Waals surface area (Å²) in [4.78, 5) is 19.1. The van der Waals surface area contributed by atoms with Crippen LogP contribution < -0.4 is 15.0 Å². The summed E-state index contributed by atoms with van der Waals surface area (Å²) >= 11 is 1.63. The van der Waals surface area contributed by atoms with Gasteiger partial charge in [0.1, 0.15) is 5.75 Å². The van der Waals surface area contributed by atoms with E-state index in [1.54, 1.807) is 11.3 Å². The quantitative estimate of drug-likeness (QED) is 0.731. The standard InChI is InChI=1S/C20H21N3O3S/c1-14-2-5-16(6-3-14)26-13-19(24)21-15-4-7-17-18(12-15)27-20(22-17)23-8-10-25-11-9-23/h2-7,12H,8-11,13H2,1H3,(H,21,24). The highest BCUT2D eigenvalue weighted by Gasteiger charge is 2.15. The average Bonchev–Trinajstić information content (AvgIpc) is 3.12. The van der Waals surface area contributed by atoms with Crippen LogP contribution in [0.15, 0.2) is 42.5 Å². The van der Waals surface area contributed by atoms with Gasteiger partial charge < -0.3 is 19.7 Å². The van der Waals surface area contributed by atoms with Crippen molar-refractivity contribution >= 4 is 38.3 Å². The molecular formula is C20H21N3O3S. The van der Waals surface area contributed by atoms with Crippen LogP contribution in [0.3, 0.4) is 0 Å². The van der Waals surface area contributed by atoms with E-state index in [2.05, 4.69) is 10.2 Å². The number of morpholine rings is 1. The molecule has 0 unspecified atom stereocenters. The lowest BCUT2D eigenvalue weighted by Gasteiger charge is -2.25. The molecule has 0 radical (unpaired) electrons. The normalized spacial score (nSPS) is 14.3. The molecule has 1 N–H and O–H groups in total. The molecule has 1 aliphatic heterocycles. The lowest BCUT2D eigenvalue weighted by molar-refractivity contribution is -0.118. The van der Waals surface area contributed by atoms with Crippen LogP contribution in [0.25, 0.3) is 10.2 Å². The molecule has 2 aromatic carbocycles. The van der Waals surface area contributed by atoms with Gasteiger partial charge in [0.05, 0.1) is 23.4 Å². The van der Waals surface area contributed by atoms with Gasteiger partial charge in [0.2, 0.25) is 0 Å². The summed E-state index contributed by atoms with van der Waals surface area (Å²) < 4.78 is 12.0. The van der Waals surface area contributed by atoms with Gasteiger partial charge in [-0.25, -0.2) is 4.98 Å². The van der Waals surface area contributed by atoms with Gasteiger partial charge in [-0.3, -0.25) is 4.79 Å². The third-order valence-corrected chi connectivity index (χ3v) is 5.41. The molecule has 7 heteroatoms. The van der Waals surface area contributed by atoms with Crippen molar-refractivity contribution in [2.75, 3.05) is 43.1 Å². The maximum Gasteiger partial charge on any atom is 0.262 e. The third kappa shape index (κ3) is 4.37. The number of rotatable bonds is 5. The first-order valence-corrected chi connectivity index (χ1v) is 9.72. The Balaban J connectivity index is 1.39. The van der Waals surface area contributed by atoms with Gasteiger partial charge >= 0.3 is 0 Å². The molecule has 1 saturated heterocycles. The molecule has 140 valence electrons. The molecule has 1 aliphatic rings. The summed E-state index contributed by atoms with van der Waals surface area (Å²) in [5, 5.41) is 3.89. The first-order valence-electron chi connectivity index (χ1n) is 8.90. The van der Waals surface area contributed by atoms with Crippen molar-refractivity contribution in [2.45, 2.75) is 6.92 Å². The molecule has 27 heavy (non-hydrogen) atoms. The number of hydrogen-bond acceptors (Lipinski definition) is 6. The van der Waals surface area contributed by atoms with E-state index in [1.165, 1.54) is 0 Å². The fourth-order valence-electron chi connectivity index (χ4n) is 2.86. The molecule has 1 aromatic heterocycles. The highest BCUT2D eigenvalue weighted by atomic mass is 32.1. The molecule has 6 nitrogen and oxygen atoms in total. The topological polar surface area (TPSA) is 63.7 Å². The number of aromatic nitrogens is 1. The van der Waals surface area contributed by atoms with Gasteiger partial charge in [-0.15, -0.1) is 0 Å². The fraction of sp³-hybridized carbons (Fsp3) is 0.300. The van der Waals surface area contributed by atoms with Crippen LogP contribution in [0.1, 0.15) is 5.56 Å². The van der Waals surface area contributed by atoms with Gasteiger partial charge in [0, 0.05) is 18.8 Å². The molecule has 0 saturated carbocycles. The van der Waals surface area contributed by atoms with E-state index in [4.69, 9.17) is 14.5 Å². The number of hydrogen-bond donors (Lipinski definition) is 1. The third-order valence-electron chi connectivity index (χ3n) is 4.33. The summed E-state index contributed by atoms with van der Waals surface area (Å²) in [7, 11) is 0. The molecule has 2 heterocycles. The number of aryl methyl sites for hydroxylation is 1. The number of benzene rings is 2. The van der Waals surface area contributed by atoms with Crippen molar-refractivity contribution in [1.29, 1.82) is 0 Å². The second kappa shape index (κ2) is 7.94. The minimum absolute atomic E-state index is 0.0250. The number of fused-ring (bicyclic) bond motifs is 1. The van der Waals surface area contributed by atoms with Crippen LogP contribution in [0.4, 0.5) is 10.8 Å². The maximum absolute atomic E-state index is 12.2. The minimum Gasteiger partial charge on any atom is -0.484 e. The SMILES string of the molecule is Cc1ccc(OCC(=O)Nc2ccc3nc(N4CCOCC4)sc3c2)cc1. The Kier molecular flexibility index (Phi) is 5.22. The van der Waals surface area contributed by atoms with Crippen molar-refractivity contribution in [3.63, 3.8) is 0 Å². The van der Waals surface area contributed by atoms with Crippen molar-refractivity contribution in [2.24, 2.45) is 0 Å². The molecule has 1 amide bonds. The summed E-state index contributed by atoms with van der Waals surface area (Å²) in [5.41, 5.74) is 2.84. The van der Waals surface area contributed by atoms with Crippen molar-refractivity contribution in [3.05, 3.63) is 48.0 Å². The van der Waals surface area contributed by atoms with Crippen LogP contribution in [0, 0.1) is 6.92 Å². The average molecular weight is 383 g/mol. The van der Waals surface area contributed by atoms with Crippen LogP contribution in [-0.4, -0.2) is 43.8 Å². The zero-order valence-corrected chi connectivity index (χ0v) is 15.9. The van der Waals surface area contributed by atoms with Crippen molar-refractivity contribution < 1.29 is 14.3 Å². The van der Waals surface area contributed by atoms with Crippen molar-refractivity contribution in [1.82, 2.24) is 4.98 Å². The smallest absolute Gasteiger partial charge is 0.262 e. The van der Waals surface area contributed by atoms with Gasteiger partial charge in [0.25, 0.3) is 5.91 Å². The van der Waals surface area contributed by atoms with Crippen LogP contribution in [-0.2, 0) is 9.53 Å². The highest BCUT2D eigenvalue weighted by Crippen LogP contribution is 2.31. The second-order valence-electron chi connectivity index (χ2n) is 6.43. The van der Waals surface area contributed by atoms with Gasteiger partial charge in [-0.05, 0) is 37.3 Å². The molecule has 0 atom stereocenters. The van der Waals surface area contributed by atoms with Gasteiger partial charge in [-0.1, -0.05) is 29.0 Å². The van der Waals surface area contributed by atoms with E-state index in [1.807, 2.05) is 49.4 Å². The summed E-state index contributed by atoms with van der Waals surface area (Å²) in [5.74, 6) is 0.497. The molecular weight excluding hydrogens is 362 g/mol. The number of ether oxygens (including phenoxy) is 2. The predicted molar refractivity (Wildman–Crippen MR) is 108 cm³/mol. The predicted octanol–water partition coefficient (Wildman–Crippen LogP) is 3.46. The lowest BCUT2D eigenvalue weighted by atomic mass is 10.2. The number of carbonyl (C=O) groups is 1. The summed E-state index contributed by atoms with van der Waals surface area (Å²) in [6.07, 6.45) is 0. The molecule has 0 aliphatic carbocycles. The number of carbonyl (C=O) groups excluding carboxylic acids is 1. The molecule has 3 aromatic rings. The number of amides is 1. The van der Waals surface area contributed by atoms with Crippen LogP contribution in [0.2, 0.25) is 0 Å². The van der Waals surface area contributed by atoms with E-state index >= 15 is 0 Å². The van der Waals surface area contributed by atoms with Crippen LogP contribution >= 0.6 is 11.3 Å². The number of nitrogens with zero attached hydrogens (tertiary/aromatic N) is 2. The van der Waals surface area contributed by atoms with Gasteiger partial charge in [0.15, 0.2) is 11.7 Å². The first-order chi connectivity index (χ1) is 13.2. The monoisotopic (exact) mass is 383 g/mol. The van der Waals surface area contributed by atoms with Gasteiger partial charge in [-0.2, -0.15) is 0 Å². The van der Waals surface area contributed by atoms with E-state index in [9.17, 15) is 4.79 Å². The maximum atomic E-state index is 12.2. The summed E-state index contributed by atoms with van der Waals surface area (Å²) in [6.45, 7) is 5.18. The van der Waals surface area contributed by atoms with Crippen LogP contribution in [0.5, 0.6) is 5.75 Å². The largest absolute Gasteiger partial charge is 0.484 e. The molecule has 0 spiro atoms. The Labute approximate surface area is 161 Å². The minimum atomic E-state index is -0.187.